The number of nitrogens with zero attached hydrogens (tertiary/aromatic N) is 3. The van der Waals surface area contributed by atoms with Gasteiger partial charge in [0.15, 0.2) is 11.5 Å². The molecular weight excluding hydrogens is 428 g/mol. The number of benzene rings is 2. The van der Waals surface area contributed by atoms with Crippen molar-refractivity contribution in [2.24, 2.45) is 0 Å². The minimum absolute atomic E-state index is 0.293. The van der Waals surface area contributed by atoms with Crippen molar-refractivity contribution < 1.29 is 19.0 Å². The number of hydrogen-bond acceptors (Lipinski definition) is 7. The Kier molecular flexibility index (Phi) is 6.09. The molecule has 1 N–H and O–H groups in total. The van der Waals surface area contributed by atoms with Crippen molar-refractivity contribution in [2.75, 3.05) is 26.6 Å². The van der Waals surface area contributed by atoms with Gasteiger partial charge in [-0.2, -0.15) is 9.78 Å². The number of amides is 1. The van der Waals surface area contributed by atoms with Crippen LogP contribution in [0.1, 0.15) is 16.1 Å². The van der Waals surface area contributed by atoms with Gasteiger partial charge in [0.1, 0.15) is 11.6 Å². The molecule has 0 saturated heterocycles. The Morgan fingerprint density at radius 3 is 2.41 bits per heavy atom. The minimum atomic E-state index is -0.293. The number of anilines is 1. The monoisotopic (exact) mass is 450 g/mol. The summed E-state index contributed by atoms with van der Waals surface area (Å²) in [5, 5.41) is 10.0. The number of aryl methyl sites for hydroxylation is 1. The SMILES string of the molecule is COc1ccc(-c2csc(-n3nc(C)cc3NC(=O)c3ccc(OC)c(OC)c3)n2)cc1. The van der Waals surface area contributed by atoms with Gasteiger partial charge in [0.05, 0.1) is 32.7 Å². The molecule has 9 heteroatoms. The van der Waals surface area contributed by atoms with E-state index in [4.69, 9.17) is 19.2 Å². The topological polar surface area (TPSA) is 87.5 Å². The third kappa shape index (κ3) is 4.28. The average molecular weight is 451 g/mol. The first-order valence-corrected chi connectivity index (χ1v) is 10.6. The summed E-state index contributed by atoms with van der Waals surface area (Å²) in [7, 11) is 4.71. The number of methoxy groups -OCH3 is 3. The quantitative estimate of drug-likeness (QED) is 0.443. The second-order valence-corrected chi connectivity index (χ2v) is 7.69. The molecule has 2 heterocycles. The van der Waals surface area contributed by atoms with Crippen LogP contribution in [0.4, 0.5) is 5.82 Å². The number of carbonyl (C=O) groups is 1. The highest BCUT2D eigenvalue weighted by Gasteiger charge is 2.17. The van der Waals surface area contributed by atoms with Gasteiger partial charge in [0.2, 0.25) is 5.13 Å². The number of carbonyl (C=O) groups excluding carboxylic acids is 1. The molecule has 0 aliphatic carbocycles. The van der Waals surface area contributed by atoms with E-state index in [1.54, 1.807) is 43.2 Å². The Hall–Kier alpha value is -3.85. The van der Waals surface area contributed by atoms with Crippen LogP contribution in [0.15, 0.2) is 53.9 Å². The summed E-state index contributed by atoms with van der Waals surface area (Å²) in [6.07, 6.45) is 0. The fourth-order valence-electron chi connectivity index (χ4n) is 3.16. The lowest BCUT2D eigenvalue weighted by Crippen LogP contribution is -2.15. The second-order valence-electron chi connectivity index (χ2n) is 6.85. The summed E-state index contributed by atoms with van der Waals surface area (Å²) in [5.74, 6) is 2.05. The zero-order valence-corrected chi connectivity index (χ0v) is 18.9. The van der Waals surface area contributed by atoms with Gasteiger partial charge in [-0.05, 0) is 49.4 Å². The van der Waals surface area contributed by atoms with Crippen LogP contribution in [0, 0.1) is 6.92 Å². The largest absolute Gasteiger partial charge is 0.497 e. The highest BCUT2D eigenvalue weighted by Crippen LogP contribution is 2.29. The predicted molar refractivity (Wildman–Crippen MR) is 123 cm³/mol. The first-order chi connectivity index (χ1) is 15.5. The second kappa shape index (κ2) is 9.11. The van der Waals surface area contributed by atoms with E-state index in [0.717, 1.165) is 22.7 Å². The lowest BCUT2D eigenvalue weighted by molar-refractivity contribution is 0.102. The molecule has 0 fully saturated rings. The molecular formula is C23H22N4O4S. The van der Waals surface area contributed by atoms with E-state index in [1.807, 2.05) is 36.6 Å². The number of thiazole rings is 1. The highest BCUT2D eigenvalue weighted by atomic mass is 32.1. The molecule has 0 aliphatic rings. The van der Waals surface area contributed by atoms with Crippen molar-refractivity contribution in [3.8, 4) is 33.6 Å². The van der Waals surface area contributed by atoms with Crippen molar-refractivity contribution >= 4 is 23.1 Å². The maximum absolute atomic E-state index is 12.9. The van der Waals surface area contributed by atoms with Gasteiger partial charge in [-0.25, -0.2) is 4.98 Å². The molecule has 1 amide bonds. The predicted octanol–water partition coefficient (Wildman–Crippen LogP) is 4.58. The van der Waals surface area contributed by atoms with Crippen molar-refractivity contribution in [1.29, 1.82) is 0 Å². The standard InChI is InChI=1S/C23H22N4O4S/c1-14-11-21(25-22(28)16-7-10-19(30-3)20(12-16)31-4)27(26-14)23-24-18(13-32-23)15-5-8-17(29-2)9-6-15/h5-13H,1-4H3,(H,25,28). The number of ether oxygens (including phenoxy) is 3. The van der Waals surface area contributed by atoms with E-state index in [-0.39, 0.29) is 5.91 Å². The number of hydrogen-bond donors (Lipinski definition) is 1. The zero-order valence-electron chi connectivity index (χ0n) is 18.1. The number of rotatable bonds is 7. The van der Waals surface area contributed by atoms with Crippen molar-refractivity contribution in [2.45, 2.75) is 6.92 Å². The fourth-order valence-corrected chi connectivity index (χ4v) is 3.95. The van der Waals surface area contributed by atoms with E-state index < -0.39 is 0 Å². The molecule has 8 nitrogen and oxygen atoms in total. The van der Waals surface area contributed by atoms with Gasteiger partial charge >= 0.3 is 0 Å². The third-order valence-electron chi connectivity index (χ3n) is 4.78. The van der Waals surface area contributed by atoms with Crippen LogP contribution >= 0.6 is 11.3 Å². The molecule has 4 rings (SSSR count). The molecule has 164 valence electrons. The van der Waals surface area contributed by atoms with Gasteiger partial charge in [-0.15, -0.1) is 11.3 Å². The van der Waals surface area contributed by atoms with Gasteiger partial charge in [-0.3, -0.25) is 4.79 Å². The van der Waals surface area contributed by atoms with Gasteiger partial charge in [0, 0.05) is 22.6 Å². The number of aromatic nitrogens is 3. The summed E-state index contributed by atoms with van der Waals surface area (Å²) >= 11 is 1.44. The molecule has 0 spiro atoms. The Morgan fingerprint density at radius 2 is 1.72 bits per heavy atom. The van der Waals surface area contributed by atoms with Crippen molar-refractivity contribution in [1.82, 2.24) is 14.8 Å². The smallest absolute Gasteiger partial charge is 0.256 e. The van der Waals surface area contributed by atoms with Gasteiger partial charge in [-0.1, -0.05) is 0 Å². The molecule has 32 heavy (non-hydrogen) atoms. The summed E-state index contributed by atoms with van der Waals surface area (Å²) < 4.78 is 17.4. The molecule has 4 aromatic rings. The van der Waals surface area contributed by atoms with Crippen LogP contribution in [0.2, 0.25) is 0 Å². The van der Waals surface area contributed by atoms with E-state index in [1.165, 1.54) is 18.4 Å². The molecule has 0 atom stereocenters. The molecule has 0 bridgehead atoms. The van der Waals surface area contributed by atoms with E-state index >= 15 is 0 Å². The molecule has 0 saturated carbocycles. The molecule has 2 aromatic heterocycles. The highest BCUT2D eigenvalue weighted by molar-refractivity contribution is 7.12. The van der Waals surface area contributed by atoms with Gasteiger partial charge < -0.3 is 19.5 Å². The van der Waals surface area contributed by atoms with Gasteiger partial charge in [0.25, 0.3) is 5.91 Å². The van der Waals surface area contributed by atoms with Crippen LogP contribution < -0.4 is 19.5 Å². The van der Waals surface area contributed by atoms with Crippen LogP contribution in [0.3, 0.4) is 0 Å². The van der Waals surface area contributed by atoms with E-state index in [0.29, 0.717) is 28.0 Å². The molecule has 0 aliphatic heterocycles. The summed E-state index contributed by atoms with van der Waals surface area (Å²) in [4.78, 5) is 17.6. The normalized spacial score (nSPS) is 10.6. The maximum atomic E-state index is 12.9. The van der Waals surface area contributed by atoms with E-state index in [2.05, 4.69) is 10.4 Å². The molecule has 2 aromatic carbocycles. The first kappa shape index (κ1) is 21.4. The lowest BCUT2D eigenvalue weighted by Gasteiger charge is -2.10. The third-order valence-corrected chi connectivity index (χ3v) is 5.59. The van der Waals surface area contributed by atoms with Crippen molar-refractivity contribution in [3.63, 3.8) is 0 Å². The van der Waals surface area contributed by atoms with Crippen LogP contribution in [0.5, 0.6) is 17.2 Å². The van der Waals surface area contributed by atoms with Crippen molar-refractivity contribution in [3.05, 3.63) is 65.2 Å². The molecule has 0 radical (unpaired) electrons. The maximum Gasteiger partial charge on any atom is 0.256 e. The zero-order chi connectivity index (χ0) is 22.7. The minimum Gasteiger partial charge on any atom is -0.497 e. The summed E-state index contributed by atoms with van der Waals surface area (Å²) in [6.45, 7) is 1.86. The Bertz CT molecular complexity index is 1250. The summed E-state index contributed by atoms with van der Waals surface area (Å²) in [6, 6.07) is 14.5. The lowest BCUT2D eigenvalue weighted by atomic mass is 10.2. The number of nitrogens with one attached hydrogen (secondary N) is 1. The fraction of sp³-hybridized carbons (Fsp3) is 0.174. The Balaban J connectivity index is 1.60. The first-order valence-electron chi connectivity index (χ1n) is 9.72. The van der Waals surface area contributed by atoms with Crippen LogP contribution in [-0.4, -0.2) is 42.0 Å². The van der Waals surface area contributed by atoms with E-state index in [9.17, 15) is 4.79 Å². The van der Waals surface area contributed by atoms with Crippen LogP contribution in [-0.2, 0) is 0 Å². The van der Waals surface area contributed by atoms with Crippen LogP contribution in [0.25, 0.3) is 16.4 Å². The molecule has 0 unspecified atom stereocenters. The summed E-state index contributed by atoms with van der Waals surface area (Å²) in [5.41, 5.74) is 2.98. The Labute approximate surface area is 189 Å². The average Bonchev–Trinajstić information content (AvgIpc) is 3.45. The Morgan fingerprint density at radius 1 is 0.969 bits per heavy atom.